The Balaban J connectivity index is 1.41. The third-order valence-corrected chi connectivity index (χ3v) is 5.14. The minimum Gasteiger partial charge on any atom is -0.490 e. The highest BCUT2D eigenvalue weighted by Crippen LogP contribution is 2.32. The predicted molar refractivity (Wildman–Crippen MR) is 98.7 cm³/mol. The zero-order valence-corrected chi connectivity index (χ0v) is 15.5. The topological polar surface area (TPSA) is 117 Å². The minimum absolute atomic E-state index is 0.00682. The largest absolute Gasteiger partial charge is 0.495 e. The fourth-order valence-electron chi connectivity index (χ4n) is 3.20. The van der Waals surface area contributed by atoms with Gasteiger partial charge >= 0.3 is 19.1 Å². The predicted octanol–water partition coefficient (Wildman–Crippen LogP) is 0.0579. The molecule has 0 amide bonds. The van der Waals surface area contributed by atoms with Gasteiger partial charge in [-0.1, -0.05) is 12.1 Å². The van der Waals surface area contributed by atoms with Crippen molar-refractivity contribution in [2.45, 2.75) is 37.9 Å². The fraction of sp³-hybridized carbons (Fsp3) is 0.579. The number of benzene rings is 1. The van der Waals surface area contributed by atoms with Crippen molar-refractivity contribution < 1.29 is 33.5 Å². The van der Waals surface area contributed by atoms with Gasteiger partial charge in [-0.05, 0) is 37.3 Å². The molecule has 0 unspecified atom stereocenters. The van der Waals surface area contributed by atoms with Crippen molar-refractivity contribution in [2.75, 3.05) is 19.8 Å². The van der Waals surface area contributed by atoms with Crippen LogP contribution in [0.1, 0.15) is 37.4 Å². The molecule has 2 atom stereocenters. The Morgan fingerprint density at radius 3 is 2.57 bits per heavy atom. The van der Waals surface area contributed by atoms with Gasteiger partial charge in [0.15, 0.2) is 6.10 Å². The Kier molecular flexibility index (Phi) is 5.57. The number of hydrogen-bond acceptors (Lipinski definition) is 8. The van der Waals surface area contributed by atoms with Crippen molar-refractivity contribution in [3.05, 3.63) is 23.8 Å². The highest BCUT2D eigenvalue weighted by Gasteiger charge is 2.38. The zero-order valence-electron chi connectivity index (χ0n) is 15.5. The molecule has 0 aromatic heterocycles. The average molecular weight is 389 g/mol. The van der Waals surface area contributed by atoms with Crippen molar-refractivity contribution in [3.8, 4) is 5.75 Å². The summed E-state index contributed by atoms with van der Waals surface area (Å²) < 4.78 is 22.0. The summed E-state index contributed by atoms with van der Waals surface area (Å²) in [6.07, 6.45) is 2.23. The molecule has 2 aliphatic carbocycles. The average Bonchev–Trinajstić information content (AvgIpc) is 3.60. The number of fused-ring (bicyclic) bond motifs is 1. The molecule has 9 heteroatoms. The van der Waals surface area contributed by atoms with Gasteiger partial charge in [0.25, 0.3) is 0 Å². The molecule has 1 aliphatic heterocycles. The Labute approximate surface area is 163 Å². The summed E-state index contributed by atoms with van der Waals surface area (Å²) in [5.41, 5.74) is 6.99. The van der Waals surface area contributed by atoms with Gasteiger partial charge < -0.3 is 29.6 Å². The first-order chi connectivity index (χ1) is 13.6. The van der Waals surface area contributed by atoms with E-state index in [4.69, 9.17) is 24.6 Å². The number of carbonyl (C=O) groups excluding carboxylic acids is 2. The molecule has 1 heterocycles. The normalized spacial score (nSPS) is 21.8. The molecule has 2 saturated carbocycles. The summed E-state index contributed by atoms with van der Waals surface area (Å²) in [7, 11) is -1.13. The van der Waals surface area contributed by atoms with Crippen LogP contribution in [0.5, 0.6) is 5.75 Å². The van der Waals surface area contributed by atoms with Crippen molar-refractivity contribution in [3.63, 3.8) is 0 Å². The summed E-state index contributed by atoms with van der Waals surface area (Å²) in [5, 5.41) is 10.2. The van der Waals surface area contributed by atoms with Crippen molar-refractivity contribution in [2.24, 2.45) is 17.6 Å². The van der Waals surface area contributed by atoms with Crippen molar-refractivity contribution in [1.82, 2.24) is 0 Å². The van der Waals surface area contributed by atoms with E-state index in [-0.39, 0.29) is 43.5 Å². The van der Waals surface area contributed by atoms with E-state index in [1.54, 1.807) is 12.1 Å². The Hall–Kier alpha value is -2.10. The summed E-state index contributed by atoms with van der Waals surface area (Å²) in [6, 6.07) is 5.33. The fourth-order valence-corrected chi connectivity index (χ4v) is 3.20. The van der Waals surface area contributed by atoms with E-state index in [1.807, 2.05) is 6.07 Å². The number of carbonyl (C=O) groups is 2. The quantitative estimate of drug-likeness (QED) is 0.450. The van der Waals surface area contributed by atoms with Gasteiger partial charge in [0.05, 0.1) is 17.9 Å². The van der Waals surface area contributed by atoms with Crippen molar-refractivity contribution in [1.29, 1.82) is 0 Å². The lowest BCUT2D eigenvalue weighted by Crippen LogP contribution is -2.34. The van der Waals surface area contributed by atoms with Gasteiger partial charge in [0.2, 0.25) is 0 Å². The van der Waals surface area contributed by atoms with Crippen LogP contribution in [-0.2, 0) is 23.7 Å². The molecule has 1 aromatic carbocycles. The number of hydrogen-bond donors (Lipinski definition) is 2. The van der Waals surface area contributed by atoms with E-state index in [1.165, 1.54) is 0 Å². The van der Waals surface area contributed by atoms with E-state index in [9.17, 15) is 14.6 Å². The number of rotatable bonds is 9. The molecular weight excluding hydrogens is 365 g/mol. The van der Waals surface area contributed by atoms with Gasteiger partial charge in [-0.2, -0.15) is 0 Å². The maximum absolute atomic E-state index is 12.0. The minimum atomic E-state index is -1.13. The van der Waals surface area contributed by atoms with Gasteiger partial charge in [-0.3, -0.25) is 9.59 Å². The summed E-state index contributed by atoms with van der Waals surface area (Å²) in [6.45, 7) is 0.201. The molecule has 3 N–H and O–H groups in total. The molecule has 3 aliphatic rings. The van der Waals surface area contributed by atoms with Crippen LogP contribution in [0.3, 0.4) is 0 Å². The van der Waals surface area contributed by atoms with E-state index >= 15 is 0 Å². The van der Waals surface area contributed by atoms with E-state index in [0.29, 0.717) is 11.2 Å². The molecule has 0 spiro atoms. The third-order valence-electron chi connectivity index (χ3n) is 5.14. The number of esters is 2. The van der Waals surface area contributed by atoms with Gasteiger partial charge in [-0.25, -0.2) is 0 Å². The summed E-state index contributed by atoms with van der Waals surface area (Å²) in [5.74, 6) is -0.215. The van der Waals surface area contributed by atoms with E-state index < -0.39 is 19.3 Å². The van der Waals surface area contributed by atoms with Crippen LogP contribution in [-0.4, -0.2) is 49.9 Å². The number of nitrogens with two attached hydrogens (primary N) is 1. The second-order valence-corrected chi connectivity index (χ2v) is 7.52. The third kappa shape index (κ3) is 4.32. The highest BCUT2D eigenvalue weighted by atomic mass is 16.6. The van der Waals surface area contributed by atoms with Crippen LogP contribution in [0.4, 0.5) is 0 Å². The van der Waals surface area contributed by atoms with Gasteiger partial charge in [0, 0.05) is 12.0 Å². The molecule has 2 fully saturated rings. The first-order valence-electron chi connectivity index (χ1n) is 9.73. The molecule has 8 nitrogen and oxygen atoms in total. The Bertz CT molecular complexity index is 750. The first kappa shape index (κ1) is 19.2. The van der Waals surface area contributed by atoms with Crippen LogP contribution >= 0.6 is 0 Å². The molecule has 1 aromatic rings. The maximum atomic E-state index is 12.0. The van der Waals surface area contributed by atoms with E-state index in [0.717, 1.165) is 31.2 Å². The lowest BCUT2D eigenvalue weighted by atomic mass is 9.78. The van der Waals surface area contributed by atoms with Crippen LogP contribution in [0.2, 0.25) is 0 Å². The second-order valence-electron chi connectivity index (χ2n) is 7.52. The van der Waals surface area contributed by atoms with Crippen LogP contribution in [0, 0.1) is 11.8 Å². The Morgan fingerprint density at radius 1 is 1.18 bits per heavy atom. The van der Waals surface area contributed by atoms with Crippen LogP contribution < -0.4 is 15.9 Å². The van der Waals surface area contributed by atoms with Gasteiger partial charge in [-0.15, -0.1) is 0 Å². The molecule has 0 radical (unpaired) electrons. The smallest absolute Gasteiger partial charge is 0.490 e. The molecular formula is C19H24BNO7. The first-order valence-corrected chi connectivity index (χ1v) is 9.73. The SMILES string of the molecule is NC[C@H]1OB(O)c2c(OC[C@@H](COC(=O)C3CC3)OC(=O)C3CC3)cccc21. The number of ether oxygens (including phenoxy) is 3. The molecule has 28 heavy (non-hydrogen) atoms. The lowest BCUT2D eigenvalue weighted by molar-refractivity contribution is -0.162. The molecule has 4 rings (SSSR count). The lowest BCUT2D eigenvalue weighted by Gasteiger charge is -2.19. The maximum Gasteiger partial charge on any atom is 0.495 e. The Morgan fingerprint density at radius 2 is 1.89 bits per heavy atom. The van der Waals surface area contributed by atoms with Crippen LogP contribution in [0.15, 0.2) is 18.2 Å². The van der Waals surface area contributed by atoms with Gasteiger partial charge in [0.1, 0.15) is 19.0 Å². The monoisotopic (exact) mass is 389 g/mol. The molecule has 150 valence electrons. The van der Waals surface area contributed by atoms with Crippen molar-refractivity contribution >= 4 is 24.5 Å². The highest BCUT2D eigenvalue weighted by molar-refractivity contribution is 6.62. The second kappa shape index (κ2) is 8.10. The standard InChI is InChI=1S/C19H24BNO7/c21-8-16-14-2-1-3-15(17(14)20(24)28-16)25-9-13(27-19(23)12-6-7-12)10-26-18(22)11-4-5-11/h1-3,11-13,16,24H,4-10,21H2/t13-,16+/m0/s1. The summed E-state index contributed by atoms with van der Waals surface area (Å²) in [4.78, 5) is 23.9. The summed E-state index contributed by atoms with van der Waals surface area (Å²) >= 11 is 0. The molecule has 0 saturated heterocycles. The zero-order chi connectivity index (χ0) is 19.7. The van der Waals surface area contributed by atoms with E-state index in [2.05, 4.69) is 0 Å². The molecule has 0 bridgehead atoms. The van der Waals surface area contributed by atoms with Crippen LogP contribution in [0.25, 0.3) is 0 Å².